The van der Waals surface area contributed by atoms with Crippen LogP contribution in [0.2, 0.25) is 0 Å². The van der Waals surface area contributed by atoms with E-state index >= 15 is 0 Å². The topological polar surface area (TPSA) is 18.5 Å². The maximum atomic E-state index is 3.55. The van der Waals surface area contributed by atoms with Crippen LogP contribution < -0.4 is 5.32 Å². The van der Waals surface area contributed by atoms with Crippen molar-refractivity contribution in [1.82, 2.24) is 15.1 Å². The highest BCUT2D eigenvalue weighted by Gasteiger charge is 2.21. The van der Waals surface area contributed by atoms with Gasteiger partial charge in [-0.15, -0.1) is 0 Å². The zero-order valence-electron chi connectivity index (χ0n) is 10.9. The minimum Gasteiger partial charge on any atom is -0.311 e. The van der Waals surface area contributed by atoms with Gasteiger partial charge in [0.2, 0.25) is 0 Å². The minimum atomic E-state index is 0.637. The van der Waals surface area contributed by atoms with E-state index < -0.39 is 0 Å². The molecule has 0 aromatic heterocycles. The van der Waals surface area contributed by atoms with E-state index in [9.17, 15) is 0 Å². The van der Waals surface area contributed by atoms with Crippen LogP contribution in [-0.2, 0) is 6.54 Å². The van der Waals surface area contributed by atoms with Gasteiger partial charge in [0, 0.05) is 38.8 Å². The van der Waals surface area contributed by atoms with Crippen molar-refractivity contribution in [3.8, 4) is 0 Å². The molecule has 0 aliphatic carbocycles. The Morgan fingerprint density at radius 2 is 1.94 bits per heavy atom. The van der Waals surface area contributed by atoms with Crippen LogP contribution in [0.4, 0.5) is 0 Å². The smallest absolute Gasteiger partial charge is 0.0345 e. The first kappa shape index (κ1) is 12.6. The highest BCUT2D eigenvalue weighted by molar-refractivity contribution is 5.14. The first-order valence-electron chi connectivity index (χ1n) is 6.39. The average Bonchev–Trinajstić information content (AvgIpc) is 2.35. The fourth-order valence-electron chi connectivity index (χ4n) is 2.30. The summed E-state index contributed by atoms with van der Waals surface area (Å²) in [6.45, 7) is 5.56. The zero-order valence-corrected chi connectivity index (χ0v) is 10.9. The van der Waals surface area contributed by atoms with Crippen LogP contribution in [0.15, 0.2) is 30.3 Å². The van der Waals surface area contributed by atoms with Gasteiger partial charge in [0.25, 0.3) is 0 Å². The molecule has 1 aromatic carbocycles. The average molecular weight is 233 g/mol. The lowest BCUT2D eigenvalue weighted by Gasteiger charge is -2.37. The van der Waals surface area contributed by atoms with E-state index in [2.05, 4.69) is 59.5 Å². The Morgan fingerprint density at radius 3 is 2.71 bits per heavy atom. The highest BCUT2D eigenvalue weighted by Crippen LogP contribution is 2.05. The summed E-state index contributed by atoms with van der Waals surface area (Å²) in [5.41, 5.74) is 1.36. The van der Waals surface area contributed by atoms with Crippen molar-refractivity contribution < 1.29 is 0 Å². The van der Waals surface area contributed by atoms with E-state index in [-0.39, 0.29) is 0 Å². The third-order valence-electron chi connectivity index (χ3n) is 3.53. The molecule has 1 aliphatic heterocycles. The summed E-state index contributed by atoms with van der Waals surface area (Å²) in [5.74, 6) is 0. The summed E-state index contributed by atoms with van der Waals surface area (Å²) in [7, 11) is 4.43. The van der Waals surface area contributed by atoms with Gasteiger partial charge in [-0.05, 0) is 19.7 Å². The van der Waals surface area contributed by atoms with E-state index in [0.29, 0.717) is 6.04 Å². The van der Waals surface area contributed by atoms with E-state index in [1.54, 1.807) is 0 Å². The molecule has 1 aromatic rings. The van der Waals surface area contributed by atoms with Gasteiger partial charge in [0.05, 0.1) is 0 Å². The molecule has 0 bridgehead atoms. The molecule has 3 heteroatoms. The summed E-state index contributed by atoms with van der Waals surface area (Å²) >= 11 is 0. The summed E-state index contributed by atoms with van der Waals surface area (Å²) < 4.78 is 0. The first-order valence-corrected chi connectivity index (χ1v) is 6.39. The quantitative estimate of drug-likeness (QED) is 0.838. The molecular weight excluding hydrogens is 210 g/mol. The second-order valence-electron chi connectivity index (χ2n) is 5.01. The number of rotatable bonds is 4. The molecule has 0 saturated carbocycles. The standard InChI is InChI=1S/C14H23N3/c1-16-8-9-17(2)14(12-16)11-15-10-13-6-4-3-5-7-13/h3-7,14-15H,8-12H2,1-2H3. The summed E-state index contributed by atoms with van der Waals surface area (Å²) in [6, 6.07) is 11.2. The van der Waals surface area contributed by atoms with Gasteiger partial charge >= 0.3 is 0 Å². The van der Waals surface area contributed by atoms with Crippen LogP contribution in [-0.4, -0.2) is 56.1 Å². The van der Waals surface area contributed by atoms with Gasteiger partial charge in [-0.2, -0.15) is 0 Å². The number of likely N-dealkylation sites (N-methyl/N-ethyl adjacent to an activating group) is 2. The number of hydrogen-bond donors (Lipinski definition) is 1. The van der Waals surface area contributed by atoms with Crippen LogP contribution in [0.5, 0.6) is 0 Å². The molecule has 17 heavy (non-hydrogen) atoms. The van der Waals surface area contributed by atoms with Crippen LogP contribution in [0.1, 0.15) is 5.56 Å². The Hall–Kier alpha value is -0.900. The molecule has 1 atom stereocenters. The Labute approximate surface area is 104 Å². The Bertz CT molecular complexity index is 325. The normalized spacial score (nSPS) is 22.8. The predicted octanol–water partition coefficient (Wildman–Crippen LogP) is 1.02. The number of nitrogens with zero attached hydrogens (tertiary/aromatic N) is 2. The Morgan fingerprint density at radius 1 is 1.18 bits per heavy atom. The molecule has 2 rings (SSSR count). The van der Waals surface area contributed by atoms with E-state index in [4.69, 9.17) is 0 Å². The first-order chi connectivity index (χ1) is 8.25. The van der Waals surface area contributed by atoms with Crippen molar-refractivity contribution in [2.75, 3.05) is 40.3 Å². The summed E-state index contributed by atoms with van der Waals surface area (Å²) in [4.78, 5) is 4.87. The fraction of sp³-hybridized carbons (Fsp3) is 0.571. The largest absolute Gasteiger partial charge is 0.311 e. The van der Waals surface area contributed by atoms with Crippen molar-refractivity contribution >= 4 is 0 Å². The molecule has 0 amide bonds. The molecule has 1 heterocycles. The maximum Gasteiger partial charge on any atom is 0.0345 e. The van der Waals surface area contributed by atoms with Gasteiger partial charge in [-0.25, -0.2) is 0 Å². The van der Waals surface area contributed by atoms with Crippen LogP contribution in [0.3, 0.4) is 0 Å². The second kappa shape index (κ2) is 6.15. The van der Waals surface area contributed by atoms with Crippen LogP contribution >= 0.6 is 0 Å². The Balaban J connectivity index is 1.74. The van der Waals surface area contributed by atoms with Gasteiger partial charge < -0.3 is 10.2 Å². The van der Waals surface area contributed by atoms with Gasteiger partial charge in [0.15, 0.2) is 0 Å². The lowest BCUT2D eigenvalue weighted by molar-refractivity contribution is 0.113. The molecule has 1 aliphatic rings. The molecule has 94 valence electrons. The molecule has 3 nitrogen and oxygen atoms in total. The van der Waals surface area contributed by atoms with E-state index in [0.717, 1.165) is 19.6 Å². The van der Waals surface area contributed by atoms with Gasteiger partial charge in [-0.1, -0.05) is 30.3 Å². The minimum absolute atomic E-state index is 0.637. The maximum absolute atomic E-state index is 3.55. The second-order valence-corrected chi connectivity index (χ2v) is 5.01. The molecule has 1 N–H and O–H groups in total. The fourth-order valence-corrected chi connectivity index (χ4v) is 2.30. The predicted molar refractivity (Wildman–Crippen MR) is 72.1 cm³/mol. The lowest BCUT2D eigenvalue weighted by atomic mass is 10.1. The van der Waals surface area contributed by atoms with Crippen LogP contribution in [0.25, 0.3) is 0 Å². The lowest BCUT2D eigenvalue weighted by Crippen LogP contribution is -2.53. The van der Waals surface area contributed by atoms with E-state index in [1.165, 1.54) is 18.7 Å². The molecule has 1 unspecified atom stereocenters. The van der Waals surface area contributed by atoms with Crippen molar-refractivity contribution in [2.24, 2.45) is 0 Å². The van der Waals surface area contributed by atoms with Crippen LogP contribution in [0, 0.1) is 0 Å². The number of nitrogens with one attached hydrogen (secondary N) is 1. The van der Waals surface area contributed by atoms with Crippen molar-refractivity contribution in [3.05, 3.63) is 35.9 Å². The number of piperazine rings is 1. The van der Waals surface area contributed by atoms with Gasteiger partial charge in [-0.3, -0.25) is 4.90 Å². The number of benzene rings is 1. The molecule has 0 spiro atoms. The van der Waals surface area contributed by atoms with Gasteiger partial charge in [0.1, 0.15) is 0 Å². The number of hydrogen-bond acceptors (Lipinski definition) is 3. The molecule has 1 saturated heterocycles. The van der Waals surface area contributed by atoms with E-state index in [1.807, 2.05) is 0 Å². The summed E-state index contributed by atoms with van der Waals surface area (Å²) in [6.07, 6.45) is 0. The van der Waals surface area contributed by atoms with Crippen molar-refractivity contribution in [2.45, 2.75) is 12.6 Å². The third kappa shape index (κ3) is 3.80. The summed E-state index contributed by atoms with van der Waals surface area (Å²) in [5, 5.41) is 3.55. The molecule has 0 radical (unpaired) electrons. The SMILES string of the molecule is CN1CCN(C)C(CNCc2ccccc2)C1. The monoisotopic (exact) mass is 233 g/mol. The molecule has 1 fully saturated rings. The third-order valence-corrected chi connectivity index (χ3v) is 3.53. The Kier molecular flexibility index (Phi) is 4.54. The van der Waals surface area contributed by atoms with Crippen molar-refractivity contribution in [3.63, 3.8) is 0 Å². The highest BCUT2D eigenvalue weighted by atomic mass is 15.3. The molecular formula is C14H23N3. The zero-order chi connectivity index (χ0) is 12.1. The van der Waals surface area contributed by atoms with Crippen molar-refractivity contribution in [1.29, 1.82) is 0 Å².